The van der Waals surface area contributed by atoms with E-state index >= 15 is 0 Å². The van der Waals surface area contributed by atoms with Crippen molar-refractivity contribution in [1.82, 2.24) is 25.0 Å². The summed E-state index contributed by atoms with van der Waals surface area (Å²) in [5.41, 5.74) is 0. The summed E-state index contributed by atoms with van der Waals surface area (Å²) >= 11 is 0. The molecule has 1 aromatic rings. The number of hydrogen-bond acceptors (Lipinski definition) is 4. The second kappa shape index (κ2) is 7.02. The van der Waals surface area contributed by atoms with E-state index in [2.05, 4.69) is 34.3 Å². The van der Waals surface area contributed by atoms with Gasteiger partial charge in [0.15, 0.2) is 5.82 Å². The molecule has 118 valence electrons. The molecule has 1 amide bonds. The Labute approximate surface area is 126 Å². The molecule has 1 aromatic heterocycles. The number of nitrogens with zero attached hydrogens (tertiary/aromatic N) is 4. The number of hydrogen-bond donors (Lipinski definition) is 1. The standard InChI is InChI=1S/C15H27N5O/c1-11(2)20-7-5-13(6-8-20)9-14(21)17-12(3)15-18-16-10-19(15)4/h10-13H,5-9H2,1-4H3,(H,17,21). The highest BCUT2D eigenvalue weighted by molar-refractivity contribution is 5.76. The van der Waals surface area contributed by atoms with Gasteiger partial charge in [0, 0.05) is 19.5 Å². The number of carbonyl (C=O) groups excluding carboxylic acids is 1. The van der Waals surface area contributed by atoms with Gasteiger partial charge in [-0.05, 0) is 52.6 Å². The van der Waals surface area contributed by atoms with Gasteiger partial charge in [-0.3, -0.25) is 4.79 Å². The smallest absolute Gasteiger partial charge is 0.220 e. The van der Waals surface area contributed by atoms with Gasteiger partial charge in [-0.1, -0.05) is 0 Å². The van der Waals surface area contributed by atoms with E-state index in [1.807, 2.05) is 18.5 Å². The van der Waals surface area contributed by atoms with Crippen LogP contribution in [-0.2, 0) is 11.8 Å². The van der Waals surface area contributed by atoms with Crippen LogP contribution in [0.15, 0.2) is 6.33 Å². The monoisotopic (exact) mass is 293 g/mol. The lowest BCUT2D eigenvalue weighted by atomic mass is 9.92. The van der Waals surface area contributed by atoms with Crippen molar-refractivity contribution in [2.75, 3.05) is 13.1 Å². The van der Waals surface area contributed by atoms with Gasteiger partial charge in [0.05, 0.1) is 6.04 Å². The van der Waals surface area contributed by atoms with Crippen molar-refractivity contribution < 1.29 is 4.79 Å². The number of rotatable bonds is 5. The lowest BCUT2D eigenvalue weighted by molar-refractivity contribution is -0.123. The molecular formula is C15H27N5O. The van der Waals surface area contributed by atoms with Crippen LogP contribution in [-0.4, -0.2) is 44.7 Å². The molecule has 6 nitrogen and oxygen atoms in total. The number of carbonyl (C=O) groups is 1. The molecule has 21 heavy (non-hydrogen) atoms. The topological polar surface area (TPSA) is 63.1 Å². The molecule has 0 bridgehead atoms. The third-order valence-corrected chi connectivity index (χ3v) is 4.36. The lowest BCUT2D eigenvalue weighted by Crippen LogP contribution is -2.40. The normalized spacial score (nSPS) is 18.9. The zero-order valence-electron chi connectivity index (χ0n) is 13.5. The molecule has 0 aliphatic carbocycles. The maximum atomic E-state index is 12.2. The summed E-state index contributed by atoms with van der Waals surface area (Å²) in [5, 5.41) is 10.9. The molecule has 2 rings (SSSR count). The Morgan fingerprint density at radius 3 is 2.57 bits per heavy atom. The molecule has 1 aliphatic rings. The second-order valence-electron chi connectivity index (χ2n) is 6.37. The average Bonchev–Trinajstić information content (AvgIpc) is 2.85. The first kappa shape index (κ1) is 15.9. The Morgan fingerprint density at radius 2 is 2.05 bits per heavy atom. The van der Waals surface area contributed by atoms with Crippen LogP contribution in [0.25, 0.3) is 0 Å². The van der Waals surface area contributed by atoms with Crippen LogP contribution in [0.2, 0.25) is 0 Å². The van der Waals surface area contributed by atoms with Crippen LogP contribution in [0.4, 0.5) is 0 Å². The van der Waals surface area contributed by atoms with E-state index < -0.39 is 0 Å². The molecule has 1 aliphatic heterocycles. The fourth-order valence-electron chi connectivity index (χ4n) is 2.98. The number of amides is 1. The summed E-state index contributed by atoms with van der Waals surface area (Å²) in [6, 6.07) is 0.511. The molecule has 1 N–H and O–H groups in total. The number of nitrogens with one attached hydrogen (secondary N) is 1. The van der Waals surface area contributed by atoms with Crippen LogP contribution < -0.4 is 5.32 Å². The zero-order valence-corrected chi connectivity index (χ0v) is 13.5. The molecule has 0 saturated carbocycles. The van der Waals surface area contributed by atoms with E-state index in [4.69, 9.17) is 0 Å². The van der Waals surface area contributed by atoms with Gasteiger partial charge in [-0.15, -0.1) is 10.2 Å². The predicted octanol–water partition coefficient (Wildman–Crippen LogP) is 1.50. The molecular weight excluding hydrogens is 266 g/mol. The molecule has 1 fully saturated rings. The van der Waals surface area contributed by atoms with E-state index in [1.54, 1.807) is 6.33 Å². The van der Waals surface area contributed by atoms with Gasteiger partial charge in [0.25, 0.3) is 0 Å². The van der Waals surface area contributed by atoms with Crippen molar-refractivity contribution in [3.05, 3.63) is 12.2 Å². The fourth-order valence-corrected chi connectivity index (χ4v) is 2.98. The van der Waals surface area contributed by atoms with E-state index in [1.165, 1.54) is 0 Å². The quantitative estimate of drug-likeness (QED) is 0.893. The van der Waals surface area contributed by atoms with Crippen molar-refractivity contribution in [3.8, 4) is 0 Å². The van der Waals surface area contributed by atoms with Gasteiger partial charge in [0.1, 0.15) is 6.33 Å². The van der Waals surface area contributed by atoms with E-state index in [-0.39, 0.29) is 11.9 Å². The van der Waals surface area contributed by atoms with Crippen LogP contribution in [0, 0.1) is 5.92 Å². The Balaban J connectivity index is 1.77. The minimum atomic E-state index is -0.0965. The van der Waals surface area contributed by atoms with Gasteiger partial charge in [-0.2, -0.15) is 0 Å². The Kier molecular flexibility index (Phi) is 5.33. The summed E-state index contributed by atoms with van der Waals surface area (Å²) in [5.74, 6) is 1.41. The maximum Gasteiger partial charge on any atom is 0.220 e. The Bertz CT molecular complexity index is 462. The first-order valence-electron chi connectivity index (χ1n) is 7.84. The van der Waals surface area contributed by atoms with E-state index in [9.17, 15) is 4.79 Å². The lowest BCUT2D eigenvalue weighted by Gasteiger charge is -2.34. The number of likely N-dealkylation sites (tertiary alicyclic amines) is 1. The van der Waals surface area contributed by atoms with Crippen molar-refractivity contribution in [3.63, 3.8) is 0 Å². The first-order valence-corrected chi connectivity index (χ1v) is 7.84. The predicted molar refractivity (Wildman–Crippen MR) is 81.6 cm³/mol. The molecule has 0 radical (unpaired) electrons. The summed E-state index contributed by atoms with van der Waals surface area (Å²) in [4.78, 5) is 14.6. The van der Waals surface area contributed by atoms with Gasteiger partial charge < -0.3 is 14.8 Å². The summed E-state index contributed by atoms with van der Waals surface area (Å²) in [6.07, 6.45) is 4.50. The number of aryl methyl sites for hydroxylation is 1. The molecule has 0 aromatic carbocycles. The van der Waals surface area contributed by atoms with Gasteiger partial charge in [0.2, 0.25) is 5.91 Å². The minimum absolute atomic E-state index is 0.0965. The highest BCUT2D eigenvalue weighted by Crippen LogP contribution is 2.22. The highest BCUT2D eigenvalue weighted by Gasteiger charge is 2.23. The number of piperidine rings is 1. The van der Waals surface area contributed by atoms with Crippen LogP contribution in [0.5, 0.6) is 0 Å². The SMILES string of the molecule is CC(NC(=O)CC1CCN(C(C)C)CC1)c1nncn1C. The number of aromatic nitrogens is 3. The van der Waals surface area contributed by atoms with E-state index in [0.717, 1.165) is 31.8 Å². The van der Waals surface area contributed by atoms with Crippen molar-refractivity contribution in [2.45, 2.75) is 52.1 Å². The Hall–Kier alpha value is -1.43. The van der Waals surface area contributed by atoms with Gasteiger partial charge in [-0.25, -0.2) is 0 Å². The second-order valence-corrected chi connectivity index (χ2v) is 6.37. The fraction of sp³-hybridized carbons (Fsp3) is 0.800. The summed E-state index contributed by atoms with van der Waals surface area (Å²) in [7, 11) is 1.89. The minimum Gasteiger partial charge on any atom is -0.346 e. The summed E-state index contributed by atoms with van der Waals surface area (Å²) in [6.45, 7) is 8.62. The molecule has 1 saturated heterocycles. The van der Waals surface area contributed by atoms with Crippen molar-refractivity contribution >= 4 is 5.91 Å². The molecule has 0 spiro atoms. The average molecular weight is 293 g/mol. The largest absolute Gasteiger partial charge is 0.346 e. The maximum absolute atomic E-state index is 12.2. The van der Waals surface area contributed by atoms with Crippen LogP contribution in [0.3, 0.4) is 0 Å². The van der Waals surface area contributed by atoms with Crippen molar-refractivity contribution in [2.24, 2.45) is 13.0 Å². The van der Waals surface area contributed by atoms with Crippen molar-refractivity contribution in [1.29, 1.82) is 0 Å². The molecule has 1 atom stereocenters. The Morgan fingerprint density at radius 1 is 1.38 bits per heavy atom. The third kappa shape index (κ3) is 4.27. The van der Waals surface area contributed by atoms with Crippen LogP contribution in [0.1, 0.15) is 51.9 Å². The molecule has 6 heteroatoms. The highest BCUT2D eigenvalue weighted by atomic mass is 16.1. The zero-order chi connectivity index (χ0) is 15.4. The van der Waals surface area contributed by atoms with Gasteiger partial charge >= 0.3 is 0 Å². The van der Waals surface area contributed by atoms with Crippen LogP contribution >= 0.6 is 0 Å². The van der Waals surface area contributed by atoms with E-state index in [0.29, 0.717) is 18.4 Å². The molecule has 2 heterocycles. The first-order chi connectivity index (χ1) is 9.97. The summed E-state index contributed by atoms with van der Waals surface area (Å²) < 4.78 is 1.84. The molecule has 1 unspecified atom stereocenters. The third-order valence-electron chi connectivity index (χ3n) is 4.36.